The highest BCUT2D eigenvalue weighted by Crippen LogP contribution is 2.22. The van der Waals surface area contributed by atoms with Crippen LogP contribution in [0.1, 0.15) is 18.4 Å². The zero-order valence-corrected chi connectivity index (χ0v) is 11.4. The minimum atomic E-state index is -0.00591. The van der Waals surface area contributed by atoms with Gasteiger partial charge in [0.05, 0.1) is 5.02 Å². The van der Waals surface area contributed by atoms with Gasteiger partial charge in [0.15, 0.2) is 5.84 Å². The third-order valence-corrected chi connectivity index (χ3v) is 3.51. The number of hydrogen-bond donors (Lipinski definition) is 2. The molecule has 0 unspecified atom stereocenters. The number of ether oxygens (including phenoxy) is 1. The quantitative estimate of drug-likeness (QED) is 0.375. The molecule has 0 radical (unpaired) electrons. The molecule has 0 aliphatic carbocycles. The molecule has 1 aliphatic heterocycles. The molecule has 2 rings (SSSR count). The van der Waals surface area contributed by atoms with Crippen LogP contribution in [-0.4, -0.2) is 42.2 Å². The maximum Gasteiger partial charge on any atom is 0.171 e. The standard InChI is InChI=1S/C13H18ClN3O2/c14-12-9-10(3-4-11(12)13(15)16-18)19-8-7-17-5-1-2-6-17/h3-4,9,18H,1-2,5-8H2,(H2,15,16). The number of nitrogens with two attached hydrogens (primary N) is 1. The van der Waals surface area contributed by atoms with Crippen molar-refractivity contribution in [3.8, 4) is 5.75 Å². The van der Waals surface area contributed by atoms with Gasteiger partial charge >= 0.3 is 0 Å². The normalized spacial score (nSPS) is 16.8. The number of halogens is 1. The van der Waals surface area contributed by atoms with Gasteiger partial charge in [-0.3, -0.25) is 4.90 Å². The molecule has 0 spiro atoms. The van der Waals surface area contributed by atoms with Crippen molar-refractivity contribution in [1.29, 1.82) is 0 Å². The van der Waals surface area contributed by atoms with Crippen LogP contribution in [0.25, 0.3) is 0 Å². The highest BCUT2D eigenvalue weighted by Gasteiger charge is 2.11. The monoisotopic (exact) mass is 283 g/mol. The van der Waals surface area contributed by atoms with Crippen molar-refractivity contribution in [3.63, 3.8) is 0 Å². The van der Waals surface area contributed by atoms with E-state index in [1.54, 1.807) is 18.2 Å². The first-order valence-corrected chi connectivity index (χ1v) is 6.71. The largest absolute Gasteiger partial charge is 0.492 e. The van der Waals surface area contributed by atoms with Crippen molar-refractivity contribution in [2.45, 2.75) is 12.8 Å². The Labute approximate surface area is 117 Å². The van der Waals surface area contributed by atoms with E-state index in [1.165, 1.54) is 12.8 Å². The number of hydrogen-bond acceptors (Lipinski definition) is 4. The molecule has 5 nitrogen and oxygen atoms in total. The Morgan fingerprint density at radius 3 is 2.79 bits per heavy atom. The molecular weight excluding hydrogens is 266 g/mol. The van der Waals surface area contributed by atoms with E-state index in [9.17, 15) is 0 Å². The summed E-state index contributed by atoms with van der Waals surface area (Å²) in [4.78, 5) is 2.38. The van der Waals surface area contributed by atoms with E-state index in [0.29, 0.717) is 22.9 Å². The van der Waals surface area contributed by atoms with Crippen LogP contribution in [0, 0.1) is 0 Å². The van der Waals surface area contributed by atoms with Crippen LogP contribution in [0.15, 0.2) is 23.4 Å². The Bertz CT molecular complexity index is 459. The lowest BCUT2D eigenvalue weighted by Gasteiger charge is -2.15. The molecule has 19 heavy (non-hydrogen) atoms. The van der Waals surface area contributed by atoms with Crippen LogP contribution in [0.4, 0.5) is 0 Å². The number of oxime groups is 1. The summed E-state index contributed by atoms with van der Waals surface area (Å²) < 4.78 is 5.65. The number of nitrogens with zero attached hydrogens (tertiary/aromatic N) is 2. The molecule has 1 aliphatic rings. The average Bonchev–Trinajstić information content (AvgIpc) is 2.91. The van der Waals surface area contributed by atoms with Gasteiger partial charge in [0.2, 0.25) is 0 Å². The summed E-state index contributed by atoms with van der Waals surface area (Å²) in [7, 11) is 0. The van der Waals surface area contributed by atoms with Gasteiger partial charge in [-0.2, -0.15) is 0 Å². The van der Waals surface area contributed by atoms with Crippen molar-refractivity contribution in [2.75, 3.05) is 26.2 Å². The van der Waals surface area contributed by atoms with Crippen LogP contribution >= 0.6 is 11.6 Å². The van der Waals surface area contributed by atoms with Gasteiger partial charge in [-0.15, -0.1) is 0 Å². The fourth-order valence-corrected chi connectivity index (χ4v) is 2.41. The molecule has 1 saturated heterocycles. The smallest absolute Gasteiger partial charge is 0.171 e. The van der Waals surface area contributed by atoms with E-state index in [-0.39, 0.29) is 5.84 Å². The van der Waals surface area contributed by atoms with Crippen LogP contribution in [0.2, 0.25) is 5.02 Å². The number of likely N-dealkylation sites (tertiary alicyclic amines) is 1. The number of rotatable bonds is 5. The molecule has 3 N–H and O–H groups in total. The Morgan fingerprint density at radius 2 is 2.16 bits per heavy atom. The zero-order valence-electron chi connectivity index (χ0n) is 10.7. The van der Waals surface area contributed by atoms with Gasteiger partial charge in [-0.05, 0) is 44.1 Å². The topological polar surface area (TPSA) is 71.1 Å². The van der Waals surface area contributed by atoms with Crippen molar-refractivity contribution in [2.24, 2.45) is 10.9 Å². The SMILES string of the molecule is NC(=NO)c1ccc(OCCN2CCCC2)cc1Cl. The Balaban J connectivity index is 1.88. The predicted octanol–water partition coefficient (Wildman–Crippen LogP) is 1.91. The lowest BCUT2D eigenvalue weighted by atomic mass is 10.2. The van der Waals surface area contributed by atoms with Crippen molar-refractivity contribution in [3.05, 3.63) is 28.8 Å². The highest BCUT2D eigenvalue weighted by molar-refractivity contribution is 6.34. The van der Waals surface area contributed by atoms with E-state index in [2.05, 4.69) is 10.1 Å². The number of amidine groups is 1. The van der Waals surface area contributed by atoms with Gasteiger partial charge in [0.1, 0.15) is 12.4 Å². The summed E-state index contributed by atoms with van der Waals surface area (Å²) in [5, 5.41) is 11.9. The molecule has 0 aromatic heterocycles. The maximum absolute atomic E-state index is 8.61. The van der Waals surface area contributed by atoms with Gasteiger partial charge in [0, 0.05) is 12.1 Å². The zero-order chi connectivity index (χ0) is 13.7. The summed E-state index contributed by atoms with van der Waals surface area (Å²) in [6.07, 6.45) is 2.56. The fourth-order valence-electron chi connectivity index (χ4n) is 2.15. The minimum Gasteiger partial charge on any atom is -0.492 e. The molecule has 1 heterocycles. The average molecular weight is 284 g/mol. The predicted molar refractivity (Wildman–Crippen MR) is 75.1 cm³/mol. The van der Waals surface area contributed by atoms with E-state index in [0.717, 1.165) is 19.6 Å². The number of benzene rings is 1. The van der Waals surface area contributed by atoms with Crippen LogP contribution < -0.4 is 10.5 Å². The molecule has 1 fully saturated rings. The first-order valence-electron chi connectivity index (χ1n) is 6.33. The molecule has 0 atom stereocenters. The summed E-state index contributed by atoms with van der Waals surface area (Å²) in [5.41, 5.74) is 5.99. The van der Waals surface area contributed by atoms with Crippen LogP contribution in [-0.2, 0) is 0 Å². The van der Waals surface area contributed by atoms with E-state index >= 15 is 0 Å². The molecule has 104 valence electrons. The highest BCUT2D eigenvalue weighted by atomic mass is 35.5. The molecule has 0 saturated carbocycles. The molecule has 0 bridgehead atoms. The first-order chi connectivity index (χ1) is 9.20. The molecule has 1 aromatic carbocycles. The Kier molecular flexibility index (Phi) is 4.87. The van der Waals surface area contributed by atoms with Crippen molar-refractivity contribution >= 4 is 17.4 Å². The van der Waals surface area contributed by atoms with E-state index in [4.69, 9.17) is 27.3 Å². The summed E-state index contributed by atoms with van der Waals surface area (Å²) >= 11 is 6.05. The van der Waals surface area contributed by atoms with Gasteiger partial charge < -0.3 is 15.7 Å². The second-order valence-electron chi connectivity index (χ2n) is 4.52. The molecular formula is C13H18ClN3O2. The van der Waals surface area contributed by atoms with Crippen molar-refractivity contribution in [1.82, 2.24) is 4.90 Å². The Hall–Kier alpha value is -1.46. The molecule has 1 aromatic rings. The van der Waals surface area contributed by atoms with Gasteiger partial charge in [-0.1, -0.05) is 16.8 Å². The van der Waals surface area contributed by atoms with Crippen molar-refractivity contribution < 1.29 is 9.94 Å². The second kappa shape index (κ2) is 6.63. The lowest BCUT2D eigenvalue weighted by Crippen LogP contribution is -2.25. The van der Waals surface area contributed by atoms with E-state index < -0.39 is 0 Å². The molecule has 6 heteroatoms. The third kappa shape index (κ3) is 3.75. The summed E-state index contributed by atoms with van der Waals surface area (Å²) in [5.74, 6) is 0.687. The fraction of sp³-hybridized carbons (Fsp3) is 0.462. The summed E-state index contributed by atoms with van der Waals surface area (Å²) in [6, 6.07) is 5.13. The lowest BCUT2D eigenvalue weighted by molar-refractivity contribution is 0.238. The Morgan fingerprint density at radius 1 is 1.42 bits per heavy atom. The maximum atomic E-state index is 8.61. The third-order valence-electron chi connectivity index (χ3n) is 3.20. The summed E-state index contributed by atoms with van der Waals surface area (Å²) in [6.45, 7) is 3.89. The van der Waals surface area contributed by atoms with Crippen LogP contribution in [0.3, 0.4) is 0 Å². The van der Waals surface area contributed by atoms with Gasteiger partial charge in [-0.25, -0.2) is 0 Å². The second-order valence-corrected chi connectivity index (χ2v) is 4.93. The first kappa shape index (κ1) is 14.0. The molecule has 0 amide bonds. The van der Waals surface area contributed by atoms with E-state index in [1.807, 2.05) is 0 Å². The van der Waals surface area contributed by atoms with Gasteiger partial charge in [0.25, 0.3) is 0 Å². The minimum absolute atomic E-state index is 0.00591. The van der Waals surface area contributed by atoms with Crippen LogP contribution in [0.5, 0.6) is 5.75 Å².